The lowest BCUT2D eigenvalue weighted by Crippen LogP contribution is -2.71. The topological polar surface area (TPSA) is 193 Å². The van der Waals surface area contributed by atoms with Crippen LogP contribution in [0.25, 0.3) is 0 Å². The van der Waals surface area contributed by atoms with Gasteiger partial charge in [0.1, 0.15) is 29.9 Å². The highest BCUT2D eigenvalue weighted by Crippen LogP contribution is 2.41. The molecule has 3 heterocycles. The van der Waals surface area contributed by atoms with Crippen molar-refractivity contribution in [2.75, 3.05) is 29.7 Å². The maximum atomic E-state index is 13.1. The Bertz CT molecular complexity index is 1490. The number of nitrogens with two attached hydrogens (primary N) is 1. The smallest absolute Gasteiger partial charge is 0.352 e. The number of oxime groups is 1. The lowest BCUT2D eigenvalue weighted by Gasteiger charge is -2.49. The summed E-state index contributed by atoms with van der Waals surface area (Å²) < 4.78 is 0. The summed E-state index contributed by atoms with van der Waals surface area (Å²) in [4.78, 5) is 71.8. The number of anilines is 2. The summed E-state index contributed by atoms with van der Waals surface area (Å²) >= 11 is 3.35. The third-order valence-electron chi connectivity index (χ3n) is 6.23. The molecule has 1 fully saturated rings. The van der Waals surface area contributed by atoms with Crippen LogP contribution in [0, 0.1) is 6.92 Å². The minimum absolute atomic E-state index is 0.0171. The van der Waals surface area contributed by atoms with Crippen LogP contribution in [0.5, 0.6) is 0 Å². The van der Waals surface area contributed by atoms with E-state index in [-0.39, 0.29) is 45.4 Å². The number of carboxylic acids is 1. The molecule has 216 valence electrons. The minimum atomic E-state index is -1.26. The van der Waals surface area contributed by atoms with E-state index in [0.717, 1.165) is 34.2 Å². The van der Waals surface area contributed by atoms with Gasteiger partial charge in [0.15, 0.2) is 16.0 Å². The van der Waals surface area contributed by atoms with Gasteiger partial charge in [0.25, 0.3) is 11.8 Å². The van der Waals surface area contributed by atoms with Crippen molar-refractivity contribution in [3.05, 3.63) is 51.7 Å². The van der Waals surface area contributed by atoms with Gasteiger partial charge in [-0.1, -0.05) is 29.1 Å². The number of carboxylic acid groups (broad SMARTS) is 1. The first-order valence-electron chi connectivity index (χ1n) is 12.1. The van der Waals surface area contributed by atoms with Crippen molar-refractivity contribution in [1.82, 2.24) is 15.2 Å². The van der Waals surface area contributed by atoms with Gasteiger partial charge in [0.05, 0.1) is 5.75 Å². The third kappa shape index (κ3) is 6.55. The predicted octanol–water partition coefficient (Wildman–Crippen LogP) is 1.58. The molecule has 4 rings (SSSR count). The van der Waals surface area contributed by atoms with Crippen LogP contribution in [0.15, 0.2) is 40.0 Å². The number of amides is 3. The van der Waals surface area contributed by atoms with Gasteiger partial charge >= 0.3 is 5.97 Å². The Morgan fingerprint density at radius 2 is 2.07 bits per heavy atom. The Hall–Kier alpha value is -3.89. The van der Waals surface area contributed by atoms with Crippen molar-refractivity contribution < 1.29 is 33.9 Å². The van der Waals surface area contributed by atoms with Crippen molar-refractivity contribution in [2.24, 2.45) is 5.16 Å². The molecule has 2 aliphatic heterocycles. The van der Waals surface area contributed by atoms with Crippen LogP contribution in [0.4, 0.5) is 10.8 Å². The van der Waals surface area contributed by atoms with Crippen LogP contribution in [-0.2, 0) is 35.2 Å². The van der Waals surface area contributed by atoms with E-state index in [1.165, 1.54) is 36.1 Å². The molecule has 41 heavy (non-hydrogen) atoms. The van der Waals surface area contributed by atoms with Gasteiger partial charge in [0.2, 0.25) is 5.91 Å². The van der Waals surface area contributed by atoms with Gasteiger partial charge in [-0.3, -0.25) is 24.1 Å². The highest BCUT2D eigenvalue weighted by molar-refractivity contribution is 8.14. The lowest BCUT2D eigenvalue weighted by molar-refractivity contribution is -0.150. The zero-order chi connectivity index (χ0) is 29.8. The number of nitrogen functional groups attached to an aromatic ring is 1. The molecule has 1 aromatic heterocycles. The third-order valence-corrected chi connectivity index (χ3v) is 9.06. The standard InChI is InChI=1S/C25H26N6O7S3/c1-11-13(5-4-6-15(11)27-17(33)10-39-12(2)32)7-14-8-40-23-19(22(35)31(23)20(14)24(36)37)29-21(34)18(30-38-3)16-9-41-25(26)28-16/h4-6,9,19,23H,7-8,10H2,1-3H3,(H2,26,28)(H,27,33)(H,29,34)(H,36,37)/b30-18-/t19-,23-/m1/s1. The molecule has 0 spiro atoms. The maximum absolute atomic E-state index is 13.1. The first kappa shape index (κ1) is 30.1. The molecular formula is C25H26N6O7S3. The highest BCUT2D eigenvalue weighted by Gasteiger charge is 2.54. The number of benzene rings is 1. The van der Waals surface area contributed by atoms with E-state index in [4.69, 9.17) is 10.6 Å². The van der Waals surface area contributed by atoms with E-state index < -0.39 is 29.2 Å². The van der Waals surface area contributed by atoms with Crippen molar-refractivity contribution in [1.29, 1.82) is 0 Å². The molecular weight excluding hydrogens is 593 g/mol. The molecule has 0 aliphatic carbocycles. The Kier molecular flexibility index (Phi) is 9.35. The molecule has 0 saturated carbocycles. The molecule has 5 N–H and O–H groups in total. The fraction of sp³-hybridized carbons (Fsp3) is 0.320. The Morgan fingerprint density at radius 1 is 1.32 bits per heavy atom. The van der Waals surface area contributed by atoms with E-state index >= 15 is 0 Å². The van der Waals surface area contributed by atoms with Gasteiger partial charge < -0.3 is 26.3 Å². The fourth-order valence-corrected chi connectivity index (χ4v) is 6.61. The van der Waals surface area contributed by atoms with Gasteiger partial charge in [-0.2, -0.15) is 0 Å². The summed E-state index contributed by atoms with van der Waals surface area (Å²) in [6, 6.07) is 4.31. The van der Waals surface area contributed by atoms with Gasteiger partial charge in [-0.15, -0.1) is 23.1 Å². The minimum Gasteiger partial charge on any atom is -0.477 e. The molecule has 0 unspecified atom stereocenters. The molecule has 2 atom stereocenters. The normalized spacial score (nSPS) is 18.4. The van der Waals surface area contributed by atoms with Crippen LogP contribution in [-0.4, -0.2) is 79.5 Å². The first-order chi connectivity index (χ1) is 19.5. The fourth-order valence-electron chi connectivity index (χ4n) is 4.31. The number of nitrogens with one attached hydrogen (secondary N) is 2. The summed E-state index contributed by atoms with van der Waals surface area (Å²) in [5.41, 5.74) is 8.14. The number of aliphatic carboxylic acids is 1. The van der Waals surface area contributed by atoms with Crippen LogP contribution in [0.3, 0.4) is 0 Å². The second-order valence-corrected chi connectivity index (χ2v) is 12.1. The van der Waals surface area contributed by atoms with E-state index in [2.05, 4.69) is 20.8 Å². The number of fused-ring (bicyclic) bond motifs is 1. The number of nitrogens with zero attached hydrogens (tertiary/aromatic N) is 3. The van der Waals surface area contributed by atoms with Crippen LogP contribution < -0.4 is 16.4 Å². The number of carbonyl (C=O) groups excluding carboxylic acids is 4. The van der Waals surface area contributed by atoms with E-state index in [1.54, 1.807) is 19.1 Å². The van der Waals surface area contributed by atoms with E-state index in [1.807, 2.05) is 6.07 Å². The highest BCUT2D eigenvalue weighted by atomic mass is 32.2. The van der Waals surface area contributed by atoms with Crippen molar-refractivity contribution in [2.45, 2.75) is 31.7 Å². The lowest BCUT2D eigenvalue weighted by atomic mass is 9.96. The zero-order valence-electron chi connectivity index (χ0n) is 22.1. The largest absolute Gasteiger partial charge is 0.477 e. The quantitative estimate of drug-likeness (QED) is 0.172. The van der Waals surface area contributed by atoms with E-state index in [9.17, 15) is 29.1 Å². The summed E-state index contributed by atoms with van der Waals surface area (Å²) in [5.74, 6) is -2.58. The number of hydrogen-bond acceptors (Lipinski definition) is 12. The second-order valence-electron chi connectivity index (χ2n) is 8.91. The van der Waals surface area contributed by atoms with Crippen molar-refractivity contribution in [3.8, 4) is 0 Å². The summed E-state index contributed by atoms with van der Waals surface area (Å²) in [6.45, 7) is 3.19. The number of thiazole rings is 1. The number of β-lactam (4-membered cyclic amide) rings is 1. The average molecular weight is 619 g/mol. The van der Waals surface area contributed by atoms with Gasteiger partial charge in [0, 0.05) is 23.7 Å². The molecule has 2 aliphatic rings. The molecule has 0 bridgehead atoms. The average Bonchev–Trinajstić information content (AvgIpc) is 3.36. The predicted molar refractivity (Wildman–Crippen MR) is 156 cm³/mol. The SMILES string of the molecule is CO/N=C(\C(=O)N[C@@H]1C(=O)N2C(C(=O)O)=C(Cc3cccc(NC(=O)CSC(C)=O)c3C)CS[C@H]12)c1csc(N)n1. The molecule has 2 aromatic rings. The molecule has 13 nitrogen and oxygen atoms in total. The molecule has 1 saturated heterocycles. The van der Waals surface area contributed by atoms with Crippen LogP contribution in [0.1, 0.15) is 23.7 Å². The summed E-state index contributed by atoms with van der Waals surface area (Å²) in [7, 11) is 1.26. The van der Waals surface area contributed by atoms with Crippen molar-refractivity contribution in [3.63, 3.8) is 0 Å². The summed E-state index contributed by atoms with van der Waals surface area (Å²) in [5, 5.41) is 20.1. The Balaban J connectivity index is 1.51. The number of hydrogen-bond donors (Lipinski definition) is 4. The number of carbonyl (C=O) groups is 5. The monoisotopic (exact) mass is 618 g/mol. The van der Waals surface area contributed by atoms with Crippen molar-refractivity contribution >= 4 is 80.2 Å². The van der Waals surface area contributed by atoms with Gasteiger partial charge in [-0.25, -0.2) is 9.78 Å². The molecule has 0 radical (unpaired) electrons. The van der Waals surface area contributed by atoms with Crippen LogP contribution >= 0.6 is 34.9 Å². The number of thioether (sulfide) groups is 2. The number of aromatic nitrogens is 1. The Labute approximate surface area is 246 Å². The number of rotatable bonds is 10. The van der Waals surface area contributed by atoms with Gasteiger partial charge in [-0.05, 0) is 36.1 Å². The zero-order valence-corrected chi connectivity index (χ0v) is 24.6. The Morgan fingerprint density at radius 3 is 2.71 bits per heavy atom. The molecule has 16 heteroatoms. The maximum Gasteiger partial charge on any atom is 0.352 e. The second kappa shape index (κ2) is 12.7. The van der Waals surface area contributed by atoms with E-state index in [0.29, 0.717) is 17.0 Å². The molecule has 1 aromatic carbocycles. The first-order valence-corrected chi connectivity index (χ1v) is 15.0. The molecule has 3 amide bonds. The summed E-state index contributed by atoms with van der Waals surface area (Å²) in [6.07, 6.45) is 0.232. The van der Waals surface area contributed by atoms with Crippen LogP contribution in [0.2, 0.25) is 0 Å².